The van der Waals surface area contributed by atoms with E-state index < -0.39 is 66.1 Å². The van der Waals surface area contributed by atoms with Crippen molar-refractivity contribution in [1.29, 1.82) is 0 Å². The predicted molar refractivity (Wildman–Crippen MR) is 110 cm³/mol. The van der Waals surface area contributed by atoms with E-state index in [9.17, 15) is 28.8 Å². The molecule has 1 fully saturated rings. The number of nitrogens with zero attached hydrogens (tertiary/aromatic N) is 1. The Morgan fingerprint density at radius 3 is 2.23 bits per heavy atom. The molecule has 0 spiro atoms. The van der Waals surface area contributed by atoms with Crippen LogP contribution < -0.4 is 27.8 Å². The van der Waals surface area contributed by atoms with Crippen molar-refractivity contribution in [2.75, 3.05) is 12.3 Å². The molecule has 0 saturated carbocycles. The Morgan fingerprint density at radius 2 is 1.71 bits per heavy atom. The number of hydrogen-bond acceptors (Lipinski definition) is 8. The standard InChI is InChI=1S/C17H28N6O7S/c18-8(3-4-12(19)24)16(28)23-5-1-2-11(23)15(27)22-10(7-31)14(26)21-9(17(29)30)6-13(20)25/h8-11,31H,1-7,18H2,(H2,19,24)(H2,20,25)(H,21,26)(H,22,27)(H,29,30). The minimum Gasteiger partial charge on any atom is -0.480 e. The summed E-state index contributed by atoms with van der Waals surface area (Å²) in [4.78, 5) is 71.9. The summed E-state index contributed by atoms with van der Waals surface area (Å²) in [5.74, 6) is -5.18. The van der Waals surface area contributed by atoms with Gasteiger partial charge in [-0.3, -0.25) is 24.0 Å². The number of primary amides is 2. The average Bonchev–Trinajstić information content (AvgIpc) is 3.18. The van der Waals surface area contributed by atoms with Crippen molar-refractivity contribution in [3.63, 3.8) is 0 Å². The zero-order valence-electron chi connectivity index (χ0n) is 16.8. The quantitative estimate of drug-likeness (QED) is 0.144. The number of rotatable bonds is 12. The molecule has 4 unspecified atom stereocenters. The second kappa shape index (κ2) is 12.1. The number of nitrogens with one attached hydrogen (secondary N) is 2. The van der Waals surface area contributed by atoms with Gasteiger partial charge in [0.1, 0.15) is 18.1 Å². The normalized spacial score (nSPS) is 18.5. The minimum atomic E-state index is -1.56. The number of carboxylic acids is 1. The molecular weight excluding hydrogens is 432 g/mol. The van der Waals surface area contributed by atoms with Crippen molar-refractivity contribution >= 4 is 48.1 Å². The lowest BCUT2D eigenvalue weighted by molar-refractivity contribution is -0.144. The van der Waals surface area contributed by atoms with Crippen molar-refractivity contribution in [3.8, 4) is 0 Å². The van der Waals surface area contributed by atoms with Crippen molar-refractivity contribution in [1.82, 2.24) is 15.5 Å². The van der Waals surface area contributed by atoms with Crippen LogP contribution in [0.1, 0.15) is 32.1 Å². The van der Waals surface area contributed by atoms with E-state index in [2.05, 4.69) is 23.3 Å². The van der Waals surface area contributed by atoms with Crippen LogP contribution in [-0.2, 0) is 28.8 Å². The van der Waals surface area contributed by atoms with E-state index in [1.54, 1.807) is 0 Å². The summed E-state index contributed by atoms with van der Waals surface area (Å²) in [5, 5.41) is 13.7. The molecule has 1 saturated heterocycles. The second-order valence-corrected chi connectivity index (χ2v) is 7.48. The van der Waals surface area contributed by atoms with Crippen LogP contribution in [-0.4, -0.2) is 82.0 Å². The number of aliphatic carboxylic acids is 1. The van der Waals surface area contributed by atoms with Gasteiger partial charge in [-0.25, -0.2) is 4.79 Å². The SMILES string of the molecule is NC(=O)CCC(N)C(=O)N1CCCC1C(=O)NC(CS)C(=O)NC(CC(N)=O)C(=O)O. The first-order valence-corrected chi connectivity index (χ1v) is 10.2. The molecule has 1 heterocycles. The number of carboxylic acid groups (broad SMARTS) is 1. The smallest absolute Gasteiger partial charge is 0.326 e. The molecule has 0 aromatic rings. The van der Waals surface area contributed by atoms with Crippen molar-refractivity contribution in [2.24, 2.45) is 17.2 Å². The molecule has 5 amide bonds. The van der Waals surface area contributed by atoms with E-state index in [1.807, 2.05) is 0 Å². The highest BCUT2D eigenvalue weighted by molar-refractivity contribution is 7.80. The minimum absolute atomic E-state index is 0.0388. The van der Waals surface area contributed by atoms with Crippen LogP contribution >= 0.6 is 12.6 Å². The lowest BCUT2D eigenvalue weighted by Crippen LogP contribution is -2.57. The number of carbonyl (C=O) groups excluding carboxylic acids is 5. The van der Waals surface area contributed by atoms with Gasteiger partial charge in [-0.15, -0.1) is 0 Å². The molecule has 0 aliphatic carbocycles. The van der Waals surface area contributed by atoms with Crippen LogP contribution in [0, 0.1) is 0 Å². The van der Waals surface area contributed by atoms with Crippen molar-refractivity contribution in [2.45, 2.75) is 56.3 Å². The van der Waals surface area contributed by atoms with E-state index in [1.165, 1.54) is 4.90 Å². The molecule has 31 heavy (non-hydrogen) atoms. The number of nitrogens with two attached hydrogens (primary N) is 3. The van der Waals surface area contributed by atoms with Gasteiger partial charge in [-0.05, 0) is 19.3 Å². The Hall–Kier alpha value is -2.87. The number of carbonyl (C=O) groups is 6. The predicted octanol–water partition coefficient (Wildman–Crippen LogP) is -3.57. The number of thiol groups is 1. The third kappa shape index (κ3) is 8.05. The summed E-state index contributed by atoms with van der Waals surface area (Å²) in [7, 11) is 0. The monoisotopic (exact) mass is 460 g/mol. The van der Waals surface area contributed by atoms with E-state index in [0.29, 0.717) is 12.8 Å². The van der Waals surface area contributed by atoms with Crippen LogP contribution in [0.4, 0.5) is 0 Å². The molecule has 13 nitrogen and oxygen atoms in total. The Morgan fingerprint density at radius 1 is 1.06 bits per heavy atom. The highest BCUT2D eigenvalue weighted by Crippen LogP contribution is 2.19. The molecule has 0 aromatic carbocycles. The highest BCUT2D eigenvalue weighted by Gasteiger charge is 2.37. The molecule has 1 aliphatic rings. The number of amides is 5. The maximum Gasteiger partial charge on any atom is 0.326 e. The summed E-state index contributed by atoms with van der Waals surface area (Å²) in [6.07, 6.45) is 0.208. The summed E-state index contributed by atoms with van der Waals surface area (Å²) in [6, 6.07) is -4.66. The molecule has 0 bridgehead atoms. The van der Waals surface area contributed by atoms with Crippen LogP contribution in [0.5, 0.6) is 0 Å². The molecule has 4 atom stereocenters. The molecule has 0 radical (unpaired) electrons. The number of likely N-dealkylation sites (tertiary alicyclic amines) is 1. The van der Waals surface area contributed by atoms with Gasteiger partial charge < -0.3 is 37.8 Å². The van der Waals surface area contributed by atoms with Gasteiger partial charge in [0, 0.05) is 18.7 Å². The average molecular weight is 461 g/mol. The largest absolute Gasteiger partial charge is 0.480 e. The summed E-state index contributed by atoms with van der Waals surface area (Å²) in [5.41, 5.74) is 15.8. The third-order valence-corrected chi connectivity index (χ3v) is 5.06. The van der Waals surface area contributed by atoms with Crippen molar-refractivity contribution in [3.05, 3.63) is 0 Å². The van der Waals surface area contributed by atoms with Gasteiger partial charge in [0.05, 0.1) is 12.5 Å². The van der Waals surface area contributed by atoms with E-state index >= 15 is 0 Å². The molecule has 9 N–H and O–H groups in total. The van der Waals surface area contributed by atoms with Crippen LogP contribution in [0.15, 0.2) is 0 Å². The van der Waals surface area contributed by atoms with Gasteiger partial charge in [0.15, 0.2) is 0 Å². The zero-order chi connectivity index (χ0) is 23.7. The first kappa shape index (κ1) is 26.2. The Balaban J connectivity index is 2.78. The lowest BCUT2D eigenvalue weighted by atomic mass is 10.1. The molecule has 14 heteroatoms. The van der Waals surface area contributed by atoms with Gasteiger partial charge in [-0.2, -0.15) is 12.6 Å². The molecule has 174 valence electrons. The summed E-state index contributed by atoms with van der Waals surface area (Å²) >= 11 is 4.00. The lowest BCUT2D eigenvalue weighted by Gasteiger charge is -2.28. The topological polar surface area (TPSA) is 228 Å². The fraction of sp³-hybridized carbons (Fsp3) is 0.647. The van der Waals surface area contributed by atoms with Crippen molar-refractivity contribution < 1.29 is 33.9 Å². The van der Waals surface area contributed by atoms with E-state index in [-0.39, 0.29) is 25.1 Å². The summed E-state index contributed by atoms with van der Waals surface area (Å²) in [6.45, 7) is 0.276. The van der Waals surface area contributed by atoms with E-state index in [4.69, 9.17) is 22.3 Å². The van der Waals surface area contributed by atoms with Crippen LogP contribution in [0.25, 0.3) is 0 Å². The van der Waals surface area contributed by atoms with Gasteiger partial charge >= 0.3 is 5.97 Å². The third-order valence-electron chi connectivity index (χ3n) is 4.69. The van der Waals surface area contributed by atoms with Gasteiger partial charge in [0.25, 0.3) is 0 Å². The first-order chi connectivity index (χ1) is 14.5. The maximum absolute atomic E-state index is 12.7. The Labute approximate surface area is 183 Å². The Kier molecular flexibility index (Phi) is 10.2. The molecular formula is C17H28N6O7S. The fourth-order valence-corrected chi connectivity index (χ4v) is 3.33. The maximum atomic E-state index is 12.7. The van der Waals surface area contributed by atoms with Gasteiger partial charge in [0.2, 0.25) is 29.5 Å². The number of hydrogen-bond donors (Lipinski definition) is 7. The molecule has 1 aliphatic heterocycles. The summed E-state index contributed by atoms with van der Waals surface area (Å²) < 4.78 is 0. The zero-order valence-corrected chi connectivity index (χ0v) is 17.7. The Bertz CT molecular complexity index is 734. The second-order valence-electron chi connectivity index (χ2n) is 7.11. The fourth-order valence-electron chi connectivity index (χ4n) is 3.07. The highest BCUT2D eigenvalue weighted by atomic mass is 32.1. The molecule has 0 aromatic heterocycles. The molecule has 1 rings (SSSR count). The van der Waals surface area contributed by atoms with Crippen LogP contribution in [0.2, 0.25) is 0 Å². The first-order valence-electron chi connectivity index (χ1n) is 9.55. The van der Waals surface area contributed by atoms with Crippen LogP contribution in [0.3, 0.4) is 0 Å². The van der Waals surface area contributed by atoms with Gasteiger partial charge in [-0.1, -0.05) is 0 Å². The van der Waals surface area contributed by atoms with E-state index in [0.717, 1.165) is 0 Å².